The zero-order valence-electron chi connectivity index (χ0n) is 11.9. The minimum Gasteiger partial charge on any atom is -0.467 e. The van der Waals surface area contributed by atoms with Crippen LogP contribution in [0.4, 0.5) is 0 Å². The Balaban J connectivity index is 1.82. The molecular weight excluding hydrogens is 332 g/mol. The quantitative estimate of drug-likeness (QED) is 0.840. The Morgan fingerprint density at radius 3 is 2.71 bits per heavy atom. The number of aryl methyl sites for hydroxylation is 1. The van der Waals surface area contributed by atoms with Crippen LogP contribution in [0.3, 0.4) is 0 Å². The summed E-state index contributed by atoms with van der Waals surface area (Å²) in [6.07, 6.45) is 3.25. The molecule has 0 bridgehead atoms. The van der Waals surface area contributed by atoms with Gasteiger partial charge in [-0.2, -0.15) is 0 Å². The van der Waals surface area contributed by atoms with Crippen LogP contribution in [0.15, 0.2) is 45.5 Å². The molecule has 1 aromatic carbocycles. The first kappa shape index (κ1) is 15.8. The van der Waals surface area contributed by atoms with Crippen molar-refractivity contribution < 1.29 is 9.21 Å². The number of furan rings is 1. The van der Waals surface area contributed by atoms with E-state index in [1.807, 2.05) is 19.1 Å². The van der Waals surface area contributed by atoms with Crippen molar-refractivity contribution in [1.29, 1.82) is 0 Å². The van der Waals surface area contributed by atoms with Crippen LogP contribution in [-0.4, -0.2) is 11.9 Å². The van der Waals surface area contributed by atoms with E-state index in [0.29, 0.717) is 17.9 Å². The van der Waals surface area contributed by atoms with Crippen molar-refractivity contribution in [1.82, 2.24) is 5.32 Å². The molecule has 0 aliphatic carbocycles. The molecule has 2 rings (SSSR count). The summed E-state index contributed by atoms with van der Waals surface area (Å²) < 4.78 is 6.24. The van der Waals surface area contributed by atoms with Gasteiger partial charge >= 0.3 is 0 Å². The topological polar surface area (TPSA) is 68.3 Å². The minimum absolute atomic E-state index is 0.0948. The molecule has 21 heavy (non-hydrogen) atoms. The number of halogens is 1. The van der Waals surface area contributed by atoms with E-state index in [-0.39, 0.29) is 11.9 Å². The highest BCUT2D eigenvalue weighted by Crippen LogP contribution is 2.13. The molecule has 2 aromatic rings. The Hall–Kier alpha value is -1.59. The van der Waals surface area contributed by atoms with Crippen molar-refractivity contribution in [3.05, 3.63) is 58.0 Å². The Morgan fingerprint density at radius 1 is 1.38 bits per heavy atom. The summed E-state index contributed by atoms with van der Waals surface area (Å²) in [6.45, 7) is 2.30. The molecule has 3 N–H and O–H groups in total. The van der Waals surface area contributed by atoms with E-state index in [1.165, 1.54) is 11.8 Å². The molecule has 1 amide bonds. The number of carbonyl (C=O) groups is 1. The predicted molar refractivity (Wildman–Crippen MR) is 86.0 cm³/mol. The van der Waals surface area contributed by atoms with Crippen molar-refractivity contribution >= 4 is 21.8 Å². The third-order valence-corrected chi connectivity index (χ3v) is 3.80. The van der Waals surface area contributed by atoms with Crippen LogP contribution in [0.1, 0.15) is 35.0 Å². The Labute approximate surface area is 132 Å². The van der Waals surface area contributed by atoms with Crippen molar-refractivity contribution in [2.24, 2.45) is 5.73 Å². The number of hydrogen-bond acceptors (Lipinski definition) is 3. The predicted octanol–water partition coefficient (Wildman–Crippen LogP) is 3.25. The summed E-state index contributed by atoms with van der Waals surface area (Å²) in [5.41, 5.74) is 7.24. The summed E-state index contributed by atoms with van der Waals surface area (Å²) in [4.78, 5) is 12.0. The highest BCUT2D eigenvalue weighted by Gasteiger charge is 2.12. The van der Waals surface area contributed by atoms with E-state index in [4.69, 9.17) is 10.2 Å². The highest BCUT2D eigenvalue weighted by molar-refractivity contribution is 9.10. The van der Waals surface area contributed by atoms with Crippen LogP contribution in [-0.2, 0) is 13.0 Å². The zero-order chi connectivity index (χ0) is 15.2. The van der Waals surface area contributed by atoms with Crippen molar-refractivity contribution in [2.75, 3.05) is 0 Å². The first-order chi connectivity index (χ1) is 10.1. The monoisotopic (exact) mass is 350 g/mol. The number of amides is 1. The summed E-state index contributed by atoms with van der Waals surface area (Å²) in [6, 6.07) is 10.00. The number of rotatable bonds is 6. The fourth-order valence-electron chi connectivity index (χ4n) is 2.02. The fourth-order valence-corrected chi connectivity index (χ4v) is 2.28. The standard InChI is InChI=1S/C16H19BrN2O2/c1-11(2-3-12-4-6-14(17)7-5-12)19-16(20)13-8-15(9-18)21-10-13/h4-8,10-11H,2-3,9,18H2,1H3,(H,19,20). The lowest BCUT2D eigenvalue weighted by atomic mass is 10.1. The average Bonchev–Trinajstić information content (AvgIpc) is 2.96. The van der Waals surface area contributed by atoms with Gasteiger partial charge in [0.05, 0.1) is 12.1 Å². The highest BCUT2D eigenvalue weighted by atomic mass is 79.9. The third kappa shape index (κ3) is 4.72. The zero-order valence-corrected chi connectivity index (χ0v) is 13.5. The maximum absolute atomic E-state index is 12.0. The minimum atomic E-state index is -0.123. The first-order valence-electron chi connectivity index (χ1n) is 6.91. The molecule has 5 heteroatoms. The largest absolute Gasteiger partial charge is 0.467 e. The van der Waals surface area contributed by atoms with Crippen LogP contribution in [0.2, 0.25) is 0 Å². The van der Waals surface area contributed by atoms with Crippen molar-refractivity contribution in [3.8, 4) is 0 Å². The van der Waals surface area contributed by atoms with Gasteiger partial charge in [-0.05, 0) is 43.5 Å². The Morgan fingerprint density at radius 2 is 2.10 bits per heavy atom. The average molecular weight is 351 g/mol. The summed E-state index contributed by atoms with van der Waals surface area (Å²) in [5, 5.41) is 2.97. The first-order valence-corrected chi connectivity index (χ1v) is 7.70. The molecule has 0 aliphatic heterocycles. The normalized spacial score (nSPS) is 12.1. The van der Waals surface area contributed by atoms with E-state index >= 15 is 0 Å². The van der Waals surface area contributed by atoms with E-state index < -0.39 is 0 Å². The molecule has 0 saturated heterocycles. The lowest BCUT2D eigenvalue weighted by Crippen LogP contribution is -2.32. The molecule has 112 valence electrons. The number of hydrogen-bond donors (Lipinski definition) is 2. The third-order valence-electron chi connectivity index (χ3n) is 3.27. The molecule has 1 aromatic heterocycles. The summed E-state index contributed by atoms with van der Waals surface area (Å²) in [7, 11) is 0. The molecule has 4 nitrogen and oxygen atoms in total. The number of nitrogens with one attached hydrogen (secondary N) is 1. The molecule has 0 fully saturated rings. The van der Waals surface area contributed by atoms with E-state index in [0.717, 1.165) is 17.3 Å². The molecule has 1 unspecified atom stereocenters. The second-order valence-corrected chi connectivity index (χ2v) is 5.96. The van der Waals surface area contributed by atoms with Gasteiger partial charge in [0.25, 0.3) is 5.91 Å². The second kappa shape index (κ2) is 7.43. The summed E-state index contributed by atoms with van der Waals surface area (Å²) in [5.74, 6) is 0.490. The molecule has 1 heterocycles. The van der Waals surface area contributed by atoms with Crippen LogP contribution in [0.25, 0.3) is 0 Å². The van der Waals surface area contributed by atoms with Gasteiger partial charge in [0, 0.05) is 10.5 Å². The van der Waals surface area contributed by atoms with Gasteiger partial charge < -0.3 is 15.5 Å². The van der Waals surface area contributed by atoms with Gasteiger partial charge in [0.1, 0.15) is 12.0 Å². The van der Waals surface area contributed by atoms with E-state index in [1.54, 1.807) is 6.07 Å². The maximum Gasteiger partial charge on any atom is 0.254 e. The number of carbonyl (C=O) groups excluding carboxylic acids is 1. The Kier molecular flexibility index (Phi) is 5.59. The van der Waals surface area contributed by atoms with Crippen molar-refractivity contribution in [2.45, 2.75) is 32.4 Å². The maximum atomic E-state index is 12.0. The lowest BCUT2D eigenvalue weighted by molar-refractivity contribution is 0.0938. The van der Waals surface area contributed by atoms with Gasteiger partial charge in [0.2, 0.25) is 0 Å². The van der Waals surface area contributed by atoms with Gasteiger partial charge in [-0.15, -0.1) is 0 Å². The Bertz CT molecular complexity index is 593. The lowest BCUT2D eigenvalue weighted by Gasteiger charge is -2.13. The van der Waals surface area contributed by atoms with Gasteiger partial charge in [0.15, 0.2) is 0 Å². The second-order valence-electron chi connectivity index (χ2n) is 5.05. The molecule has 0 saturated carbocycles. The molecule has 0 aliphatic rings. The molecule has 0 spiro atoms. The van der Waals surface area contributed by atoms with Gasteiger partial charge in [-0.1, -0.05) is 28.1 Å². The van der Waals surface area contributed by atoms with E-state index in [2.05, 4.69) is 33.4 Å². The van der Waals surface area contributed by atoms with E-state index in [9.17, 15) is 4.79 Å². The SMILES string of the molecule is CC(CCc1ccc(Br)cc1)NC(=O)c1coc(CN)c1. The molecule has 1 atom stereocenters. The van der Waals surface area contributed by atoms with Crippen LogP contribution < -0.4 is 11.1 Å². The van der Waals surface area contributed by atoms with Crippen LogP contribution in [0, 0.1) is 0 Å². The van der Waals surface area contributed by atoms with Crippen molar-refractivity contribution in [3.63, 3.8) is 0 Å². The fraction of sp³-hybridized carbons (Fsp3) is 0.312. The number of nitrogens with two attached hydrogens (primary N) is 1. The van der Waals surface area contributed by atoms with Gasteiger partial charge in [-0.25, -0.2) is 0 Å². The van der Waals surface area contributed by atoms with Crippen LogP contribution in [0.5, 0.6) is 0 Å². The number of benzene rings is 1. The summed E-state index contributed by atoms with van der Waals surface area (Å²) >= 11 is 3.42. The smallest absolute Gasteiger partial charge is 0.254 e. The van der Waals surface area contributed by atoms with Crippen LogP contribution >= 0.6 is 15.9 Å². The van der Waals surface area contributed by atoms with Gasteiger partial charge in [-0.3, -0.25) is 4.79 Å². The molecule has 0 radical (unpaired) electrons. The molecular formula is C16H19BrN2O2.